The second-order valence-corrected chi connectivity index (χ2v) is 7.51. The molecule has 4 aromatic rings. The first kappa shape index (κ1) is 18.6. The number of ether oxygens (including phenoxy) is 2. The van der Waals surface area contributed by atoms with E-state index in [1.807, 2.05) is 18.3 Å². The third-order valence-electron chi connectivity index (χ3n) is 5.82. The van der Waals surface area contributed by atoms with Crippen LogP contribution in [0.15, 0.2) is 60.8 Å². The Morgan fingerprint density at radius 1 is 0.967 bits per heavy atom. The van der Waals surface area contributed by atoms with Crippen LogP contribution in [-0.4, -0.2) is 44.1 Å². The van der Waals surface area contributed by atoms with Crippen LogP contribution in [0.2, 0.25) is 0 Å². The zero-order chi connectivity index (χ0) is 20.5. The maximum absolute atomic E-state index is 5.51. The van der Waals surface area contributed by atoms with Gasteiger partial charge in [-0.05, 0) is 28.5 Å². The average Bonchev–Trinajstić information content (AvgIpc) is 2.82. The summed E-state index contributed by atoms with van der Waals surface area (Å²) >= 11 is 0. The third-order valence-corrected chi connectivity index (χ3v) is 5.82. The molecule has 0 aliphatic carbocycles. The van der Waals surface area contributed by atoms with Crippen molar-refractivity contribution in [3.63, 3.8) is 0 Å². The number of hydrogen-bond donors (Lipinski definition) is 1. The van der Waals surface area contributed by atoms with Gasteiger partial charge in [0.15, 0.2) is 11.5 Å². The van der Waals surface area contributed by atoms with Gasteiger partial charge in [-0.2, -0.15) is 10.2 Å². The molecule has 152 valence electrons. The second-order valence-electron chi connectivity index (χ2n) is 7.51. The summed E-state index contributed by atoms with van der Waals surface area (Å²) in [6.07, 6.45) is 1.84. The molecule has 1 saturated heterocycles. The summed E-state index contributed by atoms with van der Waals surface area (Å²) in [5.74, 6) is 1.35. The van der Waals surface area contributed by atoms with E-state index >= 15 is 0 Å². The lowest BCUT2D eigenvalue weighted by Crippen LogP contribution is -2.46. The molecular formula is C24H24N4O2. The average molecular weight is 400 g/mol. The van der Waals surface area contributed by atoms with E-state index in [0.717, 1.165) is 36.2 Å². The van der Waals surface area contributed by atoms with Gasteiger partial charge >= 0.3 is 0 Å². The van der Waals surface area contributed by atoms with Gasteiger partial charge in [-0.25, -0.2) is 0 Å². The Hall–Kier alpha value is -3.38. The van der Waals surface area contributed by atoms with E-state index in [1.165, 1.54) is 16.3 Å². The van der Waals surface area contributed by atoms with Crippen LogP contribution in [0.25, 0.3) is 21.7 Å². The van der Waals surface area contributed by atoms with E-state index in [4.69, 9.17) is 9.47 Å². The van der Waals surface area contributed by atoms with Crippen molar-refractivity contribution >= 4 is 27.4 Å². The van der Waals surface area contributed by atoms with E-state index in [2.05, 4.69) is 62.9 Å². The van der Waals surface area contributed by atoms with Gasteiger partial charge in [0.2, 0.25) is 0 Å². The molecular weight excluding hydrogens is 376 g/mol. The van der Waals surface area contributed by atoms with Gasteiger partial charge in [-0.1, -0.05) is 36.4 Å². The van der Waals surface area contributed by atoms with Crippen LogP contribution < -0.4 is 19.7 Å². The van der Waals surface area contributed by atoms with Crippen molar-refractivity contribution in [2.75, 3.05) is 38.8 Å². The molecule has 6 heteroatoms. The third kappa shape index (κ3) is 3.29. The lowest BCUT2D eigenvalue weighted by molar-refractivity contribution is 0.355. The molecule has 1 N–H and O–H groups in total. The molecule has 1 fully saturated rings. The Labute approximate surface area is 175 Å². The fourth-order valence-electron chi connectivity index (χ4n) is 4.24. The zero-order valence-electron chi connectivity index (χ0n) is 17.1. The molecule has 1 aromatic heterocycles. The van der Waals surface area contributed by atoms with Gasteiger partial charge < -0.3 is 19.7 Å². The van der Waals surface area contributed by atoms with Crippen LogP contribution in [0.5, 0.6) is 11.5 Å². The molecule has 1 aliphatic rings. The molecule has 2 heterocycles. The monoisotopic (exact) mass is 400 g/mol. The quantitative estimate of drug-likeness (QED) is 0.560. The minimum absolute atomic E-state index is 0.242. The van der Waals surface area contributed by atoms with Crippen LogP contribution in [0.4, 0.5) is 5.69 Å². The van der Waals surface area contributed by atoms with Crippen molar-refractivity contribution in [2.24, 2.45) is 0 Å². The molecule has 5 rings (SSSR count). The lowest BCUT2D eigenvalue weighted by Gasteiger charge is -2.36. The first-order valence-electron chi connectivity index (χ1n) is 10.1. The van der Waals surface area contributed by atoms with Crippen LogP contribution >= 0.6 is 0 Å². The second kappa shape index (κ2) is 7.80. The highest BCUT2D eigenvalue weighted by atomic mass is 16.5. The predicted octanol–water partition coefficient (Wildman–Crippen LogP) is 3.95. The van der Waals surface area contributed by atoms with Gasteiger partial charge in [0.25, 0.3) is 0 Å². The molecule has 0 saturated carbocycles. The summed E-state index contributed by atoms with van der Waals surface area (Å²) in [6, 6.07) is 19.3. The molecule has 0 amide bonds. The Bertz CT molecular complexity index is 1210. The maximum atomic E-state index is 5.51. The summed E-state index contributed by atoms with van der Waals surface area (Å²) < 4.78 is 10.9. The van der Waals surface area contributed by atoms with Crippen LogP contribution in [0.1, 0.15) is 11.6 Å². The Kier molecular flexibility index (Phi) is 4.85. The molecule has 0 bridgehead atoms. The first-order chi connectivity index (χ1) is 14.8. The number of benzene rings is 3. The van der Waals surface area contributed by atoms with Crippen molar-refractivity contribution < 1.29 is 9.47 Å². The predicted molar refractivity (Wildman–Crippen MR) is 120 cm³/mol. The van der Waals surface area contributed by atoms with Crippen molar-refractivity contribution in [3.8, 4) is 11.5 Å². The van der Waals surface area contributed by atoms with Gasteiger partial charge in [0, 0.05) is 37.1 Å². The van der Waals surface area contributed by atoms with Crippen LogP contribution in [-0.2, 0) is 0 Å². The van der Waals surface area contributed by atoms with E-state index in [-0.39, 0.29) is 6.04 Å². The minimum atomic E-state index is 0.242. The maximum Gasteiger partial charge on any atom is 0.162 e. The molecule has 0 radical (unpaired) electrons. The Morgan fingerprint density at radius 3 is 2.60 bits per heavy atom. The SMILES string of the molecule is COc1cc2nncc(N3CCNC(c4ccc5ccccc5c4)C3)c2cc1OC. The van der Waals surface area contributed by atoms with Crippen LogP contribution in [0.3, 0.4) is 0 Å². The number of rotatable bonds is 4. The first-order valence-corrected chi connectivity index (χ1v) is 10.1. The molecule has 3 aromatic carbocycles. The van der Waals surface area contributed by atoms with Gasteiger partial charge in [0.05, 0.1) is 31.6 Å². The van der Waals surface area contributed by atoms with Crippen molar-refractivity contribution in [2.45, 2.75) is 6.04 Å². The zero-order valence-corrected chi connectivity index (χ0v) is 17.1. The summed E-state index contributed by atoms with van der Waals surface area (Å²) in [7, 11) is 3.28. The number of aromatic nitrogens is 2. The van der Waals surface area contributed by atoms with Gasteiger partial charge in [0.1, 0.15) is 0 Å². The van der Waals surface area contributed by atoms with Crippen LogP contribution in [0, 0.1) is 0 Å². The lowest BCUT2D eigenvalue weighted by atomic mass is 10.00. The number of methoxy groups -OCH3 is 2. The number of piperazine rings is 1. The topological polar surface area (TPSA) is 59.5 Å². The van der Waals surface area contributed by atoms with E-state index in [1.54, 1.807) is 14.2 Å². The van der Waals surface area contributed by atoms with Gasteiger partial charge in [-0.3, -0.25) is 0 Å². The highest BCUT2D eigenvalue weighted by Gasteiger charge is 2.23. The van der Waals surface area contributed by atoms with Gasteiger partial charge in [-0.15, -0.1) is 0 Å². The number of anilines is 1. The summed E-state index contributed by atoms with van der Waals surface area (Å²) in [4.78, 5) is 2.37. The molecule has 1 aliphatic heterocycles. The van der Waals surface area contributed by atoms with Crippen molar-refractivity contribution in [3.05, 3.63) is 66.4 Å². The number of nitrogens with zero attached hydrogens (tertiary/aromatic N) is 3. The Morgan fingerprint density at radius 2 is 1.77 bits per heavy atom. The van der Waals surface area contributed by atoms with Crippen molar-refractivity contribution in [1.82, 2.24) is 15.5 Å². The fourth-order valence-corrected chi connectivity index (χ4v) is 4.24. The molecule has 1 unspecified atom stereocenters. The molecule has 0 spiro atoms. The van der Waals surface area contributed by atoms with E-state index in [9.17, 15) is 0 Å². The standard InChI is InChI=1S/C24H24N4O2/c1-29-23-12-19-20(13-24(23)30-2)27-26-14-22(19)28-10-9-25-21(15-28)18-8-7-16-5-3-4-6-17(16)11-18/h3-8,11-14,21,25H,9-10,15H2,1-2H3. The smallest absolute Gasteiger partial charge is 0.162 e. The van der Waals surface area contributed by atoms with Crippen molar-refractivity contribution in [1.29, 1.82) is 0 Å². The largest absolute Gasteiger partial charge is 0.493 e. The van der Waals surface area contributed by atoms with E-state index < -0.39 is 0 Å². The number of fused-ring (bicyclic) bond motifs is 2. The highest BCUT2D eigenvalue weighted by Crippen LogP contribution is 2.36. The molecule has 30 heavy (non-hydrogen) atoms. The normalized spacial score (nSPS) is 16.7. The minimum Gasteiger partial charge on any atom is -0.493 e. The summed E-state index contributed by atoms with van der Waals surface area (Å²) in [6.45, 7) is 2.65. The highest BCUT2D eigenvalue weighted by molar-refractivity contribution is 5.93. The fraction of sp³-hybridized carbons (Fsp3) is 0.250. The number of hydrogen-bond acceptors (Lipinski definition) is 6. The summed E-state index contributed by atoms with van der Waals surface area (Å²) in [5, 5.41) is 15.8. The summed E-state index contributed by atoms with van der Waals surface area (Å²) in [5.41, 5.74) is 3.16. The molecule has 6 nitrogen and oxygen atoms in total. The Balaban J connectivity index is 1.50. The van der Waals surface area contributed by atoms with E-state index in [0.29, 0.717) is 11.5 Å². The number of nitrogens with one attached hydrogen (secondary N) is 1. The molecule has 1 atom stereocenters.